The van der Waals surface area contributed by atoms with Gasteiger partial charge in [-0.2, -0.15) is 0 Å². The Morgan fingerprint density at radius 1 is 1.38 bits per heavy atom. The zero-order valence-corrected chi connectivity index (χ0v) is 7.51. The summed E-state index contributed by atoms with van der Waals surface area (Å²) in [6.07, 6.45) is 1.31. The van der Waals surface area contributed by atoms with Gasteiger partial charge in [0.05, 0.1) is 0 Å². The van der Waals surface area contributed by atoms with Gasteiger partial charge in [-0.05, 0) is 30.7 Å². The Balaban J connectivity index is 2.54. The molecule has 0 saturated carbocycles. The smallest absolute Gasteiger partial charge is 0.224 e. The summed E-state index contributed by atoms with van der Waals surface area (Å²) in [5.74, 6) is -0.331. The fourth-order valence-corrected chi connectivity index (χ4v) is 0.984. The van der Waals surface area contributed by atoms with E-state index in [2.05, 4.69) is 5.32 Å². The van der Waals surface area contributed by atoms with Crippen LogP contribution in [0, 0.1) is 5.82 Å². The van der Waals surface area contributed by atoms with Crippen LogP contribution in [-0.2, 0) is 4.79 Å². The number of carbonyl (C=O) groups excluding carboxylic acids is 1. The topological polar surface area (TPSA) is 29.1 Å². The fourth-order valence-electron chi connectivity index (χ4n) is 0.984. The van der Waals surface area contributed by atoms with Crippen LogP contribution in [0.1, 0.15) is 19.8 Å². The van der Waals surface area contributed by atoms with Crippen LogP contribution in [0.5, 0.6) is 0 Å². The van der Waals surface area contributed by atoms with Crippen LogP contribution in [-0.4, -0.2) is 5.91 Å². The van der Waals surface area contributed by atoms with Gasteiger partial charge in [-0.15, -0.1) is 0 Å². The molecule has 1 aromatic carbocycles. The number of hydrogen-bond donors (Lipinski definition) is 1. The van der Waals surface area contributed by atoms with Gasteiger partial charge in [0.15, 0.2) is 0 Å². The molecule has 0 aromatic heterocycles. The first-order chi connectivity index (χ1) is 6.22. The largest absolute Gasteiger partial charge is 0.326 e. The maximum Gasteiger partial charge on any atom is 0.224 e. The molecule has 0 bridgehead atoms. The molecule has 0 spiro atoms. The summed E-state index contributed by atoms with van der Waals surface area (Å²) in [6, 6.07) is 5.73. The van der Waals surface area contributed by atoms with Crippen molar-refractivity contribution in [3.63, 3.8) is 0 Å². The van der Waals surface area contributed by atoms with E-state index in [1.165, 1.54) is 12.1 Å². The predicted octanol–water partition coefficient (Wildman–Crippen LogP) is 2.56. The SMILES string of the molecule is CCCC(=O)Nc1ccc(F)cc1. The molecular formula is C10H12FNO. The Morgan fingerprint density at radius 2 is 2.00 bits per heavy atom. The van der Waals surface area contributed by atoms with Crippen LogP contribution in [0.2, 0.25) is 0 Å². The predicted molar refractivity (Wildman–Crippen MR) is 49.9 cm³/mol. The molecule has 70 valence electrons. The van der Waals surface area contributed by atoms with Crippen molar-refractivity contribution in [3.05, 3.63) is 30.1 Å². The molecule has 0 aliphatic rings. The van der Waals surface area contributed by atoms with Gasteiger partial charge in [-0.25, -0.2) is 4.39 Å². The summed E-state index contributed by atoms with van der Waals surface area (Å²) in [6.45, 7) is 1.93. The van der Waals surface area contributed by atoms with Crippen LogP contribution in [0.15, 0.2) is 24.3 Å². The molecule has 1 rings (SSSR count). The van der Waals surface area contributed by atoms with Crippen molar-refractivity contribution in [3.8, 4) is 0 Å². The van der Waals surface area contributed by atoms with Crippen LogP contribution >= 0.6 is 0 Å². The average Bonchev–Trinajstić information content (AvgIpc) is 2.09. The zero-order valence-electron chi connectivity index (χ0n) is 7.51. The lowest BCUT2D eigenvalue weighted by molar-refractivity contribution is -0.116. The third kappa shape index (κ3) is 3.23. The van der Waals surface area contributed by atoms with E-state index in [4.69, 9.17) is 0 Å². The van der Waals surface area contributed by atoms with E-state index in [-0.39, 0.29) is 11.7 Å². The normalized spacial score (nSPS) is 9.69. The second kappa shape index (κ2) is 4.60. The van der Waals surface area contributed by atoms with E-state index in [1.54, 1.807) is 12.1 Å². The number of anilines is 1. The lowest BCUT2D eigenvalue weighted by Gasteiger charge is -2.02. The van der Waals surface area contributed by atoms with Gasteiger partial charge in [0, 0.05) is 12.1 Å². The van der Waals surface area contributed by atoms with E-state index in [0.29, 0.717) is 12.1 Å². The monoisotopic (exact) mass is 181 g/mol. The van der Waals surface area contributed by atoms with Gasteiger partial charge in [0.1, 0.15) is 5.82 Å². The Morgan fingerprint density at radius 3 is 2.54 bits per heavy atom. The first kappa shape index (κ1) is 9.71. The molecule has 1 N–H and O–H groups in total. The number of rotatable bonds is 3. The third-order valence-corrected chi connectivity index (χ3v) is 1.61. The Hall–Kier alpha value is -1.38. The highest BCUT2D eigenvalue weighted by Crippen LogP contribution is 2.08. The first-order valence-corrected chi connectivity index (χ1v) is 4.28. The minimum atomic E-state index is -0.298. The summed E-state index contributed by atoms with van der Waals surface area (Å²) in [5.41, 5.74) is 0.639. The molecule has 0 aliphatic heterocycles. The molecule has 1 amide bonds. The summed E-state index contributed by atoms with van der Waals surface area (Å²) >= 11 is 0. The molecule has 2 nitrogen and oxygen atoms in total. The van der Waals surface area contributed by atoms with Crippen molar-refractivity contribution in [1.82, 2.24) is 0 Å². The lowest BCUT2D eigenvalue weighted by Crippen LogP contribution is -2.10. The first-order valence-electron chi connectivity index (χ1n) is 4.28. The molecule has 3 heteroatoms. The summed E-state index contributed by atoms with van der Waals surface area (Å²) in [4.78, 5) is 11.1. The summed E-state index contributed by atoms with van der Waals surface area (Å²) in [5, 5.41) is 2.66. The van der Waals surface area contributed by atoms with Gasteiger partial charge in [-0.1, -0.05) is 6.92 Å². The molecule has 0 unspecified atom stereocenters. The minimum absolute atomic E-state index is 0.0332. The highest BCUT2D eigenvalue weighted by molar-refractivity contribution is 5.90. The van der Waals surface area contributed by atoms with Crippen LogP contribution in [0.4, 0.5) is 10.1 Å². The quantitative estimate of drug-likeness (QED) is 0.762. The van der Waals surface area contributed by atoms with Crippen LogP contribution in [0.25, 0.3) is 0 Å². The van der Waals surface area contributed by atoms with Gasteiger partial charge in [0.25, 0.3) is 0 Å². The van der Waals surface area contributed by atoms with Gasteiger partial charge in [-0.3, -0.25) is 4.79 Å². The molecule has 0 radical (unpaired) electrons. The standard InChI is InChI=1S/C10H12FNO/c1-2-3-10(13)12-9-6-4-8(11)5-7-9/h4-7H,2-3H2,1H3,(H,12,13). The number of benzene rings is 1. The summed E-state index contributed by atoms with van der Waals surface area (Å²) < 4.78 is 12.5. The van der Waals surface area contributed by atoms with Gasteiger partial charge >= 0.3 is 0 Å². The number of amides is 1. The van der Waals surface area contributed by atoms with E-state index in [9.17, 15) is 9.18 Å². The molecule has 0 atom stereocenters. The van der Waals surface area contributed by atoms with Crippen molar-refractivity contribution >= 4 is 11.6 Å². The average molecular weight is 181 g/mol. The number of carbonyl (C=O) groups is 1. The second-order valence-corrected chi connectivity index (χ2v) is 2.81. The minimum Gasteiger partial charge on any atom is -0.326 e. The molecule has 13 heavy (non-hydrogen) atoms. The van der Waals surface area contributed by atoms with Crippen molar-refractivity contribution in [1.29, 1.82) is 0 Å². The van der Waals surface area contributed by atoms with Gasteiger partial charge in [0.2, 0.25) is 5.91 Å². The van der Waals surface area contributed by atoms with Crippen molar-refractivity contribution in [2.45, 2.75) is 19.8 Å². The van der Waals surface area contributed by atoms with E-state index < -0.39 is 0 Å². The Bertz CT molecular complexity index is 281. The van der Waals surface area contributed by atoms with Crippen molar-refractivity contribution in [2.24, 2.45) is 0 Å². The summed E-state index contributed by atoms with van der Waals surface area (Å²) in [7, 11) is 0. The number of halogens is 1. The fraction of sp³-hybridized carbons (Fsp3) is 0.300. The maximum atomic E-state index is 12.5. The molecule has 1 aromatic rings. The van der Waals surface area contributed by atoms with Crippen molar-refractivity contribution in [2.75, 3.05) is 5.32 Å². The van der Waals surface area contributed by atoms with E-state index in [1.807, 2.05) is 6.92 Å². The maximum absolute atomic E-state index is 12.5. The van der Waals surface area contributed by atoms with E-state index >= 15 is 0 Å². The highest BCUT2D eigenvalue weighted by Gasteiger charge is 1.99. The molecular weight excluding hydrogens is 169 g/mol. The second-order valence-electron chi connectivity index (χ2n) is 2.81. The molecule has 0 fully saturated rings. The molecule has 0 aliphatic carbocycles. The van der Waals surface area contributed by atoms with Crippen LogP contribution < -0.4 is 5.32 Å². The third-order valence-electron chi connectivity index (χ3n) is 1.61. The molecule has 0 heterocycles. The highest BCUT2D eigenvalue weighted by atomic mass is 19.1. The van der Waals surface area contributed by atoms with Crippen molar-refractivity contribution < 1.29 is 9.18 Å². The van der Waals surface area contributed by atoms with Crippen LogP contribution in [0.3, 0.4) is 0 Å². The lowest BCUT2D eigenvalue weighted by atomic mass is 10.3. The number of hydrogen-bond acceptors (Lipinski definition) is 1. The van der Waals surface area contributed by atoms with Gasteiger partial charge < -0.3 is 5.32 Å². The molecule has 0 saturated heterocycles. The van der Waals surface area contributed by atoms with E-state index in [0.717, 1.165) is 6.42 Å². The number of nitrogens with one attached hydrogen (secondary N) is 1. The Kier molecular flexibility index (Phi) is 3.43. The Labute approximate surface area is 76.8 Å². The zero-order chi connectivity index (χ0) is 9.68.